The van der Waals surface area contributed by atoms with Gasteiger partial charge in [-0.2, -0.15) is 9.90 Å². The van der Waals surface area contributed by atoms with Crippen LogP contribution in [0, 0.1) is 5.92 Å². The van der Waals surface area contributed by atoms with E-state index in [2.05, 4.69) is 25.8 Å². The van der Waals surface area contributed by atoms with Crippen molar-refractivity contribution in [3.05, 3.63) is 23.8 Å². The Morgan fingerprint density at radius 3 is 2.76 bits per heavy atom. The molecular weight excluding hydrogens is 379 g/mol. The van der Waals surface area contributed by atoms with Gasteiger partial charge in [0.2, 0.25) is 5.91 Å². The van der Waals surface area contributed by atoms with E-state index in [9.17, 15) is 9.59 Å². The first-order valence-electron chi connectivity index (χ1n) is 9.93. The summed E-state index contributed by atoms with van der Waals surface area (Å²) in [6.07, 6.45) is 2.98. The van der Waals surface area contributed by atoms with E-state index in [1.54, 1.807) is 22.8 Å². The summed E-state index contributed by atoms with van der Waals surface area (Å²) in [6, 6.07) is 0.744. The molecule has 0 spiro atoms. The van der Waals surface area contributed by atoms with Crippen LogP contribution < -0.4 is 5.32 Å². The number of nitrogens with one attached hydrogen (secondary N) is 1. The van der Waals surface area contributed by atoms with Crippen molar-refractivity contribution in [3.63, 3.8) is 0 Å². The summed E-state index contributed by atoms with van der Waals surface area (Å²) in [5, 5.41) is 18.0. The Kier molecular flexibility index (Phi) is 4.14. The van der Waals surface area contributed by atoms with Crippen LogP contribution >= 0.6 is 0 Å². The molecule has 1 N–H and O–H groups in total. The summed E-state index contributed by atoms with van der Waals surface area (Å²) in [5.74, 6) is -0.527. The fraction of sp³-hybridized carbons (Fsp3) is 0.667. The molecule has 2 aromatic rings. The van der Waals surface area contributed by atoms with Crippen LogP contribution in [0.3, 0.4) is 0 Å². The normalized spacial score (nSPS) is 33.0. The zero-order valence-electron chi connectivity index (χ0n) is 16.3. The summed E-state index contributed by atoms with van der Waals surface area (Å²) >= 11 is 0. The molecule has 1 saturated carbocycles. The Hall–Kier alpha value is -2.85. The average Bonchev–Trinajstić information content (AvgIpc) is 2.99. The molecule has 10 nitrogen and oxygen atoms in total. The van der Waals surface area contributed by atoms with Gasteiger partial charge in [0.1, 0.15) is 6.17 Å². The molecule has 3 aliphatic rings. The number of rotatable bonds is 4. The number of nitrogens with zero attached hydrogens (tertiary/aromatic N) is 7. The van der Waals surface area contributed by atoms with Crippen molar-refractivity contribution in [2.45, 2.75) is 55.9 Å². The molecule has 6 atom stereocenters. The van der Waals surface area contributed by atoms with Gasteiger partial charge in [0, 0.05) is 36.8 Å². The second-order valence-electron chi connectivity index (χ2n) is 8.23. The van der Waals surface area contributed by atoms with Crippen LogP contribution in [0.15, 0.2) is 12.3 Å². The third-order valence-electron chi connectivity index (χ3n) is 6.45. The molecule has 0 aromatic carbocycles. The fourth-order valence-corrected chi connectivity index (χ4v) is 4.97. The number of piperidine rings is 1. The quantitative estimate of drug-likeness (QED) is 0.768. The molecule has 0 radical (unpaired) electrons. The summed E-state index contributed by atoms with van der Waals surface area (Å²) < 4.78 is 17.1. The highest BCUT2D eigenvalue weighted by Gasteiger charge is 2.55. The molecule has 1 aliphatic carbocycles. The van der Waals surface area contributed by atoms with Gasteiger partial charge >= 0.3 is 0 Å². The molecule has 2 aromatic heterocycles. The van der Waals surface area contributed by atoms with Gasteiger partial charge in [0.15, 0.2) is 0 Å². The summed E-state index contributed by atoms with van der Waals surface area (Å²) in [7, 11) is 3.43. The predicted octanol–water partition coefficient (Wildman–Crippen LogP) is -0.0529. The molecule has 2 bridgehead atoms. The lowest BCUT2D eigenvalue weighted by Crippen LogP contribution is -2.59. The second kappa shape index (κ2) is 6.60. The van der Waals surface area contributed by atoms with E-state index >= 15 is 4.39 Å². The lowest BCUT2D eigenvalue weighted by atomic mass is 9.94. The number of aromatic nitrogens is 6. The molecule has 0 unspecified atom stereocenters. The van der Waals surface area contributed by atoms with Crippen LogP contribution in [-0.2, 0) is 18.9 Å². The SMILES string of the molecule is Cn1nnc(C(=O)N[C@@H]2C[C@@H]3CC[C@H]([C@H]2F)N3C(=O)[C@@H]2C[C@H]2c2ccnn2C)n1. The van der Waals surface area contributed by atoms with Crippen LogP contribution in [0.25, 0.3) is 0 Å². The molecule has 2 aliphatic heterocycles. The van der Waals surface area contributed by atoms with Gasteiger partial charge in [-0.25, -0.2) is 4.39 Å². The van der Waals surface area contributed by atoms with Crippen molar-refractivity contribution in [3.8, 4) is 0 Å². The van der Waals surface area contributed by atoms with E-state index in [4.69, 9.17) is 0 Å². The number of hydrogen-bond acceptors (Lipinski definition) is 6. The highest BCUT2D eigenvalue weighted by molar-refractivity contribution is 5.90. The minimum atomic E-state index is -1.31. The van der Waals surface area contributed by atoms with Crippen LogP contribution in [-0.4, -0.2) is 71.0 Å². The fourth-order valence-electron chi connectivity index (χ4n) is 4.97. The molecule has 29 heavy (non-hydrogen) atoms. The van der Waals surface area contributed by atoms with Gasteiger partial charge in [0.25, 0.3) is 11.7 Å². The molecule has 5 rings (SSSR count). The van der Waals surface area contributed by atoms with E-state index in [1.807, 2.05) is 13.1 Å². The molecule has 2 amide bonds. The van der Waals surface area contributed by atoms with Crippen LogP contribution in [0.4, 0.5) is 4.39 Å². The standard InChI is InChI=1S/C18H23FN8O2/c1-25-13(5-6-20-25)10-8-11(10)18(29)27-9-3-4-14(27)15(19)12(7-9)21-17(28)16-22-24-26(2)23-16/h5-6,9-12,14-15H,3-4,7-8H2,1-2H3,(H,21,28)/t9-,10+,11+,12+,14+,15-/m0/s1. The number of hydrogen-bond donors (Lipinski definition) is 1. The van der Waals surface area contributed by atoms with Gasteiger partial charge in [-0.3, -0.25) is 14.3 Å². The first-order valence-corrected chi connectivity index (χ1v) is 9.93. The van der Waals surface area contributed by atoms with E-state index in [1.165, 1.54) is 4.80 Å². The molecule has 11 heteroatoms. The highest BCUT2D eigenvalue weighted by atomic mass is 19.1. The number of halogens is 1. The number of alkyl halides is 1. The van der Waals surface area contributed by atoms with Crippen LogP contribution in [0.5, 0.6) is 0 Å². The Labute approximate surface area is 166 Å². The molecular formula is C18H23FN8O2. The number of carbonyl (C=O) groups excluding carboxylic acids is 2. The third-order valence-corrected chi connectivity index (χ3v) is 6.45. The van der Waals surface area contributed by atoms with Gasteiger partial charge in [-0.1, -0.05) is 0 Å². The van der Waals surface area contributed by atoms with Gasteiger partial charge < -0.3 is 10.2 Å². The first kappa shape index (κ1) is 18.2. The van der Waals surface area contributed by atoms with Crippen molar-refractivity contribution in [2.75, 3.05) is 0 Å². The maximum atomic E-state index is 15.3. The highest BCUT2D eigenvalue weighted by Crippen LogP contribution is 2.50. The zero-order chi connectivity index (χ0) is 20.3. The maximum absolute atomic E-state index is 15.3. The van der Waals surface area contributed by atoms with Crippen LogP contribution in [0.1, 0.15) is 47.9 Å². The second-order valence-corrected chi connectivity index (χ2v) is 8.23. The van der Waals surface area contributed by atoms with Gasteiger partial charge in [-0.15, -0.1) is 10.2 Å². The largest absolute Gasteiger partial charge is 0.343 e. The molecule has 4 heterocycles. The lowest BCUT2D eigenvalue weighted by molar-refractivity contribution is -0.139. The summed E-state index contributed by atoms with van der Waals surface area (Å²) in [5.41, 5.74) is 1.05. The van der Waals surface area contributed by atoms with Gasteiger partial charge in [-0.05, 0) is 37.0 Å². The van der Waals surface area contributed by atoms with Crippen molar-refractivity contribution in [1.29, 1.82) is 0 Å². The van der Waals surface area contributed by atoms with E-state index < -0.39 is 24.2 Å². The maximum Gasteiger partial charge on any atom is 0.293 e. The predicted molar refractivity (Wildman–Crippen MR) is 97.3 cm³/mol. The number of amides is 2. The van der Waals surface area contributed by atoms with Crippen molar-refractivity contribution >= 4 is 11.8 Å². The number of tetrazole rings is 1. The molecule has 154 valence electrons. The number of carbonyl (C=O) groups is 2. The third kappa shape index (κ3) is 2.99. The van der Waals surface area contributed by atoms with E-state index in [-0.39, 0.29) is 29.6 Å². The van der Waals surface area contributed by atoms with Gasteiger partial charge in [0.05, 0.1) is 19.1 Å². The Bertz CT molecular complexity index is 957. The number of fused-ring (bicyclic) bond motifs is 2. The van der Waals surface area contributed by atoms with E-state index in [0.29, 0.717) is 12.8 Å². The molecule has 2 saturated heterocycles. The smallest absolute Gasteiger partial charge is 0.293 e. The summed E-state index contributed by atoms with van der Waals surface area (Å²) in [6.45, 7) is 0. The average molecular weight is 402 g/mol. The summed E-state index contributed by atoms with van der Waals surface area (Å²) in [4.78, 5) is 28.4. The van der Waals surface area contributed by atoms with E-state index in [0.717, 1.165) is 18.5 Å². The minimum Gasteiger partial charge on any atom is -0.343 e. The molecule has 3 fully saturated rings. The first-order chi connectivity index (χ1) is 13.9. The topological polar surface area (TPSA) is 111 Å². The van der Waals surface area contributed by atoms with Crippen molar-refractivity contribution < 1.29 is 14.0 Å². The zero-order valence-corrected chi connectivity index (χ0v) is 16.3. The van der Waals surface area contributed by atoms with Crippen LogP contribution in [0.2, 0.25) is 0 Å². The monoisotopic (exact) mass is 402 g/mol. The Morgan fingerprint density at radius 2 is 2.07 bits per heavy atom. The minimum absolute atomic E-state index is 0.0340. The Balaban J connectivity index is 1.26. The van der Waals surface area contributed by atoms with Crippen molar-refractivity contribution in [2.24, 2.45) is 20.0 Å². The van der Waals surface area contributed by atoms with Crippen molar-refractivity contribution in [1.82, 2.24) is 40.2 Å². The lowest BCUT2D eigenvalue weighted by Gasteiger charge is -2.41. The number of aryl methyl sites for hydroxylation is 2. The Morgan fingerprint density at radius 1 is 1.24 bits per heavy atom.